The van der Waals surface area contributed by atoms with Crippen LogP contribution in [0.5, 0.6) is 0 Å². The summed E-state index contributed by atoms with van der Waals surface area (Å²) >= 11 is 0. The Kier molecular flexibility index (Phi) is 4.87. The molecule has 8 nitrogen and oxygen atoms in total. The van der Waals surface area contributed by atoms with Gasteiger partial charge < -0.3 is 14.0 Å². The minimum atomic E-state index is 0.354. The van der Waals surface area contributed by atoms with Crippen molar-refractivity contribution in [2.24, 2.45) is 7.05 Å². The van der Waals surface area contributed by atoms with Gasteiger partial charge in [0.15, 0.2) is 5.82 Å². The monoisotopic (exact) mass is 366 g/mol. The zero-order valence-electron chi connectivity index (χ0n) is 16.2. The largest absolute Gasteiger partial charge is 0.356 e. The molecule has 4 heterocycles. The van der Waals surface area contributed by atoms with E-state index >= 15 is 0 Å². The Morgan fingerprint density at radius 1 is 1.26 bits per heavy atom. The average Bonchev–Trinajstić information content (AvgIpc) is 3.33. The van der Waals surface area contributed by atoms with Gasteiger partial charge in [-0.05, 0) is 26.2 Å². The number of nitrogens with zero attached hydrogens (tertiary/aromatic N) is 8. The molecule has 0 unspecified atom stereocenters. The molecule has 0 N–H and O–H groups in total. The Morgan fingerprint density at radius 2 is 2.15 bits per heavy atom. The molecule has 1 aliphatic heterocycles. The van der Waals surface area contributed by atoms with Crippen molar-refractivity contribution in [3.05, 3.63) is 48.0 Å². The summed E-state index contributed by atoms with van der Waals surface area (Å²) in [6.45, 7) is 6.74. The molecule has 0 aromatic carbocycles. The van der Waals surface area contributed by atoms with E-state index in [1.807, 2.05) is 23.9 Å². The first-order chi connectivity index (χ1) is 13.2. The maximum Gasteiger partial charge on any atom is 0.152 e. The second kappa shape index (κ2) is 7.46. The van der Waals surface area contributed by atoms with Gasteiger partial charge in [0.2, 0.25) is 0 Å². The van der Waals surface area contributed by atoms with Crippen molar-refractivity contribution >= 4 is 5.82 Å². The standard InChI is InChI=1S/C19H26N8/c1-4-15-10-21-14(2)22-18(15)27-8-5-6-16(11-27)19-24-23-17(25(19)3)12-26-9-7-20-13-26/h7,9-10,13,16H,4-6,8,11-12H2,1-3H3/t16-/m0/s1. The fourth-order valence-corrected chi connectivity index (χ4v) is 3.80. The molecule has 1 fully saturated rings. The first-order valence-corrected chi connectivity index (χ1v) is 9.57. The number of rotatable bonds is 5. The van der Waals surface area contributed by atoms with Crippen LogP contribution in [-0.4, -0.2) is 47.4 Å². The quantitative estimate of drug-likeness (QED) is 0.688. The van der Waals surface area contributed by atoms with Gasteiger partial charge in [-0.2, -0.15) is 0 Å². The van der Waals surface area contributed by atoms with E-state index < -0.39 is 0 Å². The van der Waals surface area contributed by atoms with Gasteiger partial charge in [-0.15, -0.1) is 10.2 Å². The summed E-state index contributed by atoms with van der Waals surface area (Å²) in [7, 11) is 2.06. The predicted octanol–water partition coefficient (Wildman–Crippen LogP) is 2.10. The van der Waals surface area contributed by atoms with Gasteiger partial charge in [0, 0.05) is 50.2 Å². The van der Waals surface area contributed by atoms with Gasteiger partial charge in [-0.1, -0.05) is 6.92 Å². The molecular weight excluding hydrogens is 340 g/mol. The third-order valence-electron chi connectivity index (χ3n) is 5.31. The molecule has 0 bridgehead atoms. The van der Waals surface area contributed by atoms with Crippen LogP contribution in [-0.2, 0) is 20.0 Å². The van der Waals surface area contributed by atoms with Crippen LogP contribution in [0, 0.1) is 6.92 Å². The van der Waals surface area contributed by atoms with Crippen molar-refractivity contribution in [2.75, 3.05) is 18.0 Å². The Balaban J connectivity index is 1.55. The maximum atomic E-state index is 4.74. The summed E-state index contributed by atoms with van der Waals surface area (Å²) in [4.78, 5) is 15.6. The van der Waals surface area contributed by atoms with E-state index in [4.69, 9.17) is 4.98 Å². The third kappa shape index (κ3) is 3.56. The van der Waals surface area contributed by atoms with Crippen LogP contribution in [0.15, 0.2) is 24.9 Å². The van der Waals surface area contributed by atoms with Crippen molar-refractivity contribution < 1.29 is 0 Å². The molecule has 1 aliphatic rings. The van der Waals surface area contributed by atoms with Gasteiger partial charge in [-0.3, -0.25) is 0 Å². The molecule has 0 spiro atoms. The SMILES string of the molecule is CCc1cnc(C)nc1N1CCC[C@H](c2nnc(Cn3ccnc3)n2C)C1. The third-order valence-corrected chi connectivity index (χ3v) is 5.31. The molecule has 1 atom stereocenters. The lowest BCUT2D eigenvalue weighted by molar-refractivity contribution is 0.474. The fraction of sp³-hybridized carbons (Fsp3) is 0.526. The molecule has 4 rings (SSSR count). The number of piperidine rings is 1. The first-order valence-electron chi connectivity index (χ1n) is 9.57. The highest BCUT2D eigenvalue weighted by atomic mass is 15.3. The van der Waals surface area contributed by atoms with Crippen molar-refractivity contribution in [3.8, 4) is 0 Å². The molecule has 3 aromatic rings. The van der Waals surface area contributed by atoms with E-state index in [1.165, 1.54) is 5.56 Å². The summed E-state index contributed by atoms with van der Waals surface area (Å²) < 4.78 is 4.15. The molecule has 3 aromatic heterocycles. The summed E-state index contributed by atoms with van der Waals surface area (Å²) in [5.74, 6) is 4.26. The minimum Gasteiger partial charge on any atom is -0.356 e. The normalized spacial score (nSPS) is 17.4. The summed E-state index contributed by atoms with van der Waals surface area (Å²) in [5, 5.41) is 8.96. The minimum absolute atomic E-state index is 0.354. The van der Waals surface area contributed by atoms with E-state index in [9.17, 15) is 0 Å². The highest BCUT2D eigenvalue weighted by Crippen LogP contribution is 2.30. The van der Waals surface area contributed by atoms with Crippen LogP contribution in [0.25, 0.3) is 0 Å². The first kappa shape index (κ1) is 17.6. The van der Waals surface area contributed by atoms with Crippen molar-refractivity contribution in [1.82, 2.24) is 34.3 Å². The van der Waals surface area contributed by atoms with Gasteiger partial charge in [-0.25, -0.2) is 15.0 Å². The molecule has 0 radical (unpaired) electrons. The van der Waals surface area contributed by atoms with Gasteiger partial charge in [0.25, 0.3) is 0 Å². The highest BCUT2D eigenvalue weighted by Gasteiger charge is 2.27. The Morgan fingerprint density at radius 3 is 2.93 bits per heavy atom. The van der Waals surface area contributed by atoms with E-state index in [0.717, 1.165) is 55.6 Å². The predicted molar refractivity (Wildman–Crippen MR) is 103 cm³/mol. The van der Waals surface area contributed by atoms with E-state index in [-0.39, 0.29) is 0 Å². The van der Waals surface area contributed by atoms with Crippen molar-refractivity contribution in [2.45, 2.75) is 45.6 Å². The topological polar surface area (TPSA) is 77.6 Å². The smallest absolute Gasteiger partial charge is 0.152 e. The fourth-order valence-electron chi connectivity index (χ4n) is 3.80. The summed E-state index contributed by atoms with van der Waals surface area (Å²) in [5.41, 5.74) is 1.21. The van der Waals surface area contributed by atoms with Gasteiger partial charge >= 0.3 is 0 Å². The summed E-state index contributed by atoms with van der Waals surface area (Å²) in [6.07, 6.45) is 10.7. The Hall–Kier alpha value is -2.77. The van der Waals surface area contributed by atoms with Gasteiger partial charge in [0.05, 0.1) is 12.9 Å². The van der Waals surface area contributed by atoms with Crippen LogP contribution in [0.2, 0.25) is 0 Å². The molecule has 142 valence electrons. The number of hydrogen-bond acceptors (Lipinski definition) is 6. The maximum absolute atomic E-state index is 4.74. The molecule has 0 saturated carbocycles. The van der Waals surface area contributed by atoms with Crippen LogP contribution in [0.4, 0.5) is 5.82 Å². The number of hydrogen-bond donors (Lipinski definition) is 0. The molecule has 8 heteroatoms. The van der Waals surface area contributed by atoms with E-state index in [2.05, 4.69) is 43.6 Å². The number of imidazole rings is 1. The van der Waals surface area contributed by atoms with Crippen LogP contribution >= 0.6 is 0 Å². The van der Waals surface area contributed by atoms with Crippen LogP contribution < -0.4 is 4.90 Å². The lowest BCUT2D eigenvalue weighted by Crippen LogP contribution is -2.36. The zero-order valence-corrected chi connectivity index (χ0v) is 16.2. The number of aromatic nitrogens is 7. The van der Waals surface area contributed by atoms with Crippen molar-refractivity contribution in [1.29, 1.82) is 0 Å². The van der Waals surface area contributed by atoms with Crippen LogP contribution in [0.1, 0.15) is 48.7 Å². The second-order valence-electron chi connectivity index (χ2n) is 7.17. The zero-order chi connectivity index (χ0) is 18.8. The number of aryl methyl sites for hydroxylation is 2. The Bertz CT molecular complexity index is 899. The molecular formula is C19H26N8. The van der Waals surface area contributed by atoms with Crippen LogP contribution in [0.3, 0.4) is 0 Å². The lowest BCUT2D eigenvalue weighted by atomic mass is 9.96. The van der Waals surface area contributed by atoms with Crippen molar-refractivity contribution in [3.63, 3.8) is 0 Å². The molecule has 0 aliphatic carbocycles. The number of anilines is 1. The average molecular weight is 366 g/mol. The molecule has 0 amide bonds. The van der Waals surface area contributed by atoms with Gasteiger partial charge in [0.1, 0.15) is 17.5 Å². The highest BCUT2D eigenvalue weighted by molar-refractivity contribution is 5.47. The second-order valence-corrected chi connectivity index (χ2v) is 7.17. The lowest BCUT2D eigenvalue weighted by Gasteiger charge is -2.34. The molecule has 1 saturated heterocycles. The van der Waals surface area contributed by atoms with E-state index in [0.29, 0.717) is 12.5 Å². The molecule has 27 heavy (non-hydrogen) atoms. The summed E-state index contributed by atoms with van der Waals surface area (Å²) in [6, 6.07) is 0. The van der Waals surface area contributed by atoms with E-state index in [1.54, 1.807) is 12.5 Å². The Labute approximate surface area is 159 Å².